The van der Waals surface area contributed by atoms with Crippen molar-refractivity contribution in [2.75, 3.05) is 24.7 Å². The van der Waals surface area contributed by atoms with E-state index >= 15 is 0 Å². The van der Waals surface area contributed by atoms with Gasteiger partial charge in [0.1, 0.15) is 23.5 Å². The van der Waals surface area contributed by atoms with Gasteiger partial charge in [-0.15, -0.1) is 11.8 Å². The number of phenolic OH excluding ortho intramolecular Hbond substituents is 1. The van der Waals surface area contributed by atoms with Crippen LogP contribution >= 0.6 is 23.5 Å². The van der Waals surface area contributed by atoms with Gasteiger partial charge in [-0.1, -0.05) is 20.3 Å². The van der Waals surface area contributed by atoms with Gasteiger partial charge in [0.25, 0.3) is 0 Å². The van der Waals surface area contributed by atoms with Crippen molar-refractivity contribution < 1.29 is 44.3 Å². The fourth-order valence-corrected chi connectivity index (χ4v) is 5.55. The molecule has 0 amide bonds. The number of aliphatic carboxylic acids is 2. The summed E-state index contributed by atoms with van der Waals surface area (Å²) in [7, 11) is 0. The zero-order valence-electron chi connectivity index (χ0n) is 20.4. The molecule has 11 heteroatoms. The van der Waals surface area contributed by atoms with Crippen LogP contribution in [-0.2, 0) is 20.7 Å². The number of thioether (sulfide) groups is 2. The smallest absolute Gasteiger partial charge is 0.303 e. The first-order chi connectivity index (χ1) is 16.6. The lowest BCUT2D eigenvalue weighted by atomic mass is 10.0. The summed E-state index contributed by atoms with van der Waals surface area (Å²) in [4.78, 5) is 31.6. The number of benzene rings is 1. The molecule has 1 heterocycles. The van der Waals surface area contributed by atoms with Gasteiger partial charge in [0, 0.05) is 35.2 Å². The normalized spacial score (nSPS) is 17.8. The van der Waals surface area contributed by atoms with Gasteiger partial charge in [0.2, 0.25) is 0 Å². The molecule has 1 fully saturated rings. The molecular formula is C24H36O9S2. The monoisotopic (exact) mass is 532 g/mol. The minimum atomic E-state index is -0.813. The van der Waals surface area contributed by atoms with Crippen molar-refractivity contribution >= 4 is 41.2 Å². The molecule has 3 unspecified atom stereocenters. The Labute approximate surface area is 214 Å². The molecule has 0 aliphatic carbocycles. The van der Waals surface area contributed by atoms with Crippen LogP contribution in [0.25, 0.3) is 0 Å². The molecule has 1 aromatic rings. The highest BCUT2D eigenvalue weighted by atomic mass is 32.2. The van der Waals surface area contributed by atoms with Crippen LogP contribution in [0, 0.1) is 0 Å². The molecule has 1 aromatic carbocycles. The number of aliphatic hydroxyl groups is 1. The van der Waals surface area contributed by atoms with Gasteiger partial charge in [0.05, 0.1) is 18.3 Å². The Morgan fingerprint density at radius 2 is 1.91 bits per heavy atom. The van der Waals surface area contributed by atoms with E-state index in [-0.39, 0.29) is 47.2 Å². The molecule has 4 N–H and O–H groups in total. The number of carboxylic acids is 2. The SMILES string of the molecule is CCC(=O)O.CCCc1c(OCC(O)CSCC2COC(CCC(=O)O)S2)ccc(C(C)=O)c1O. The molecule has 0 aromatic heterocycles. The molecular weight excluding hydrogens is 496 g/mol. The molecule has 1 aliphatic rings. The zero-order valence-corrected chi connectivity index (χ0v) is 22.0. The summed E-state index contributed by atoms with van der Waals surface area (Å²) in [5, 5.41) is 37.4. The average Bonchev–Trinajstić information content (AvgIpc) is 3.26. The minimum absolute atomic E-state index is 0.0403. The van der Waals surface area contributed by atoms with Crippen molar-refractivity contribution in [3.8, 4) is 11.5 Å². The molecule has 3 atom stereocenters. The number of ketones is 1. The van der Waals surface area contributed by atoms with Crippen molar-refractivity contribution in [1.82, 2.24) is 0 Å². The molecule has 0 spiro atoms. The summed E-state index contributed by atoms with van der Waals surface area (Å²) in [5.74, 6) is -0.00746. The molecule has 198 valence electrons. The first kappa shape index (κ1) is 31.1. The quantitative estimate of drug-likeness (QED) is 0.259. The van der Waals surface area contributed by atoms with Gasteiger partial charge in [0.15, 0.2) is 5.78 Å². The maximum Gasteiger partial charge on any atom is 0.303 e. The summed E-state index contributed by atoms with van der Waals surface area (Å²) in [6.07, 6.45) is 1.53. The van der Waals surface area contributed by atoms with Crippen LogP contribution in [0.3, 0.4) is 0 Å². The van der Waals surface area contributed by atoms with E-state index in [1.165, 1.54) is 6.92 Å². The van der Waals surface area contributed by atoms with Gasteiger partial charge in [-0.3, -0.25) is 14.4 Å². The number of phenols is 1. The standard InChI is InChI=1S/C21H30O7S2.C3H6O2/c1-3-4-17-18(6-5-16(13(2)22)21(17)26)27-9-14(23)11-29-12-15-10-28-20(30-15)8-7-19(24)25;1-2-3(4)5/h5-6,14-15,20,23,26H,3-4,7-12H2,1-2H3,(H,24,25);2H2,1H3,(H,4,5). The van der Waals surface area contributed by atoms with Crippen molar-refractivity contribution in [1.29, 1.82) is 0 Å². The van der Waals surface area contributed by atoms with Crippen LogP contribution in [-0.4, -0.2) is 79.7 Å². The molecule has 1 aliphatic heterocycles. The maximum absolute atomic E-state index is 11.6. The van der Waals surface area contributed by atoms with Crippen LogP contribution in [0.5, 0.6) is 11.5 Å². The zero-order chi connectivity index (χ0) is 26.4. The van der Waals surface area contributed by atoms with E-state index in [0.717, 1.165) is 12.2 Å². The van der Waals surface area contributed by atoms with Crippen molar-refractivity contribution in [3.05, 3.63) is 23.3 Å². The van der Waals surface area contributed by atoms with Crippen molar-refractivity contribution in [2.24, 2.45) is 0 Å². The topological polar surface area (TPSA) is 151 Å². The number of ether oxygens (including phenoxy) is 2. The largest absolute Gasteiger partial charge is 0.507 e. The maximum atomic E-state index is 11.6. The third-order valence-electron chi connectivity index (χ3n) is 4.87. The summed E-state index contributed by atoms with van der Waals surface area (Å²) in [5.41, 5.74) is 0.805. The highest BCUT2D eigenvalue weighted by Gasteiger charge is 2.26. The molecule has 2 rings (SSSR count). The molecule has 0 bridgehead atoms. The number of hydrogen-bond acceptors (Lipinski definition) is 9. The Hall–Kier alpha value is -1.95. The van der Waals surface area contributed by atoms with E-state index in [9.17, 15) is 24.6 Å². The van der Waals surface area contributed by atoms with Crippen LogP contribution in [0.15, 0.2) is 12.1 Å². The molecule has 1 saturated heterocycles. The number of carbonyl (C=O) groups excluding carboxylic acids is 1. The summed E-state index contributed by atoms with van der Waals surface area (Å²) in [6, 6.07) is 3.22. The van der Waals surface area contributed by atoms with Gasteiger partial charge in [-0.25, -0.2) is 0 Å². The fraction of sp³-hybridized carbons (Fsp3) is 0.625. The molecule has 35 heavy (non-hydrogen) atoms. The lowest BCUT2D eigenvalue weighted by Crippen LogP contribution is -2.21. The van der Waals surface area contributed by atoms with Crippen molar-refractivity contribution in [2.45, 2.75) is 69.7 Å². The summed E-state index contributed by atoms with van der Waals surface area (Å²) >= 11 is 3.26. The van der Waals surface area contributed by atoms with Crippen molar-refractivity contribution in [3.63, 3.8) is 0 Å². The van der Waals surface area contributed by atoms with E-state index in [0.29, 0.717) is 36.5 Å². The Balaban J connectivity index is 0.00000111. The first-order valence-corrected chi connectivity index (χ1v) is 13.6. The number of carboxylic acid groups (broad SMARTS) is 2. The third-order valence-corrected chi connectivity index (χ3v) is 7.71. The van der Waals surface area contributed by atoms with E-state index in [4.69, 9.17) is 19.7 Å². The number of rotatable bonds is 14. The highest BCUT2D eigenvalue weighted by Crippen LogP contribution is 2.34. The average molecular weight is 533 g/mol. The van der Waals surface area contributed by atoms with Crippen LogP contribution in [0.2, 0.25) is 0 Å². The number of aliphatic hydroxyl groups excluding tert-OH is 1. The highest BCUT2D eigenvalue weighted by molar-refractivity contribution is 8.03. The lowest BCUT2D eigenvalue weighted by Gasteiger charge is -2.17. The molecule has 9 nitrogen and oxygen atoms in total. The number of carbonyl (C=O) groups is 3. The Bertz CT molecular complexity index is 831. The van der Waals surface area contributed by atoms with Gasteiger partial charge in [-0.05, 0) is 31.9 Å². The van der Waals surface area contributed by atoms with Crippen LogP contribution in [0.4, 0.5) is 0 Å². The van der Waals surface area contributed by atoms with Crippen LogP contribution < -0.4 is 4.74 Å². The second-order valence-corrected chi connectivity index (χ2v) is 10.5. The first-order valence-electron chi connectivity index (χ1n) is 11.5. The van der Waals surface area contributed by atoms with E-state index in [2.05, 4.69) is 0 Å². The lowest BCUT2D eigenvalue weighted by molar-refractivity contribution is -0.138. The van der Waals surface area contributed by atoms with Gasteiger partial charge in [-0.2, -0.15) is 11.8 Å². The van der Waals surface area contributed by atoms with E-state index < -0.39 is 18.0 Å². The van der Waals surface area contributed by atoms with Crippen LogP contribution in [0.1, 0.15) is 62.4 Å². The summed E-state index contributed by atoms with van der Waals surface area (Å²) < 4.78 is 11.3. The predicted octanol–water partition coefficient (Wildman–Crippen LogP) is 3.82. The Morgan fingerprint density at radius 1 is 1.23 bits per heavy atom. The van der Waals surface area contributed by atoms with E-state index in [1.807, 2.05) is 6.92 Å². The number of hydrogen-bond donors (Lipinski definition) is 4. The second kappa shape index (κ2) is 16.7. The number of Topliss-reactive ketones (excluding diaryl/α,β-unsaturated/α-hetero) is 1. The summed E-state index contributed by atoms with van der Waals surface area (Å²) in [6.45, 7) is 5.68. The van der Waals surface area contributed by atoms with Gasteiger partial charge >= 0.3 is 11.9 Å². The Kier molecular flexibility index (Phi) is 14.8. The molecule has 0 saturated carbocycles. The third kappa shape index (κ3) is 12.0. The van der Waals surface area contributed by atoms with E-state index in [1.54, 1.807) is 42.6 Å². The Morgan fingerprint density at radius 3 is 2.49 bits per heavy atom. The molecule has 0 radical (unpaired) electrons. The fourth-order valence-electron chi connectivity index (χ4n) is 3.09. The second-order valence-electron chi connectivity index (χ2n) is 7.95. The predicted molar refractivity (Wildman–Crippen MR) is 137 cm³/mol. The number of aromatic hydroxyl groups is 1. The van der Waals surface area contributed by atoms with Gasteiger partial charge < -0.3 is 29.9 Å². The minimum Gasteiger partial charge on any atom is -0.507 e.